The molecule has 1 saturated heterocycles. The maximum atomic E-state index is 12.5. The predicted molar refractivity (Wildman–Crippen MR) is 111 cm³/mol. The summed E-state index contributed by atoms with van der Waals surface area (Å²) in [6.07, 6.45) is 0. The normalized spacial score (nSPS) is 16.4. The van der Waals surface area contributed by atoms with E-state index in [1.54, 1.807) is 7.11 Å². The van der Waals surface area contributed by atoms with Gasteiger partial charge >= 0.3 is 0 Å². The van der Waals surface area contributed by atoms with Gasteiger partial charge in [0.15, 0.2) is 0 Å². The standard InChI is InChI=1S/C22H29N3O3/c1-18(22(26)23-19-6-4-3-5-7-19)25-14-12-24(13-15-25)16-17-28-21-10-8-20(27-2)9-11-21/h3-11,18H,12-17H2,1-2H3,(H,23,26)/t18-/m1/s1. The number of methoxy groups -OCH3 is 1. The van der Waals surface area contributed by atoms with Crippen LogP contribution < -0.4 is 14.8 Å². The molecule has 1 fully saturated rings. The molecule has 6 heteroatoms. The maximum absolute atomic E-state index is 12.5. The first-order valence-corrected chi connectivity index (χ1v) is 9.75. The number of carbonyl (C=O) groups is 1. The number of ether oxygens (including phenoxy) is 2. The number of benzene rings is 2. The number of piperazine rings is 1. The van der Waals surface area contributed by atoms with Crippen molar-refractivity contribution in [3.63, 3.8) is 0 Å². The largest absolute Gasteiger partial charge is 0.497 e. The summed E-state index contributed by atoms with van der Waals surface area (Å²) in [5.74, 6) is 1.72. The molecule has 0 bridgehead atoms. The Kier molecular flexibility index (Phi) is 7.28. The molecule has 6 nitrogen and oxygen atoms in total. The second kappa shape index (κ2) is 10.1. The molecule has 0 spiro atoms. The van der Waals surface area contributed by atoms with Gasteiger partial charge in [0.1, 0.15) is 18.1 Å². The lowest BCUT2D eigenvalue weighted by molar-refractivity contribution is -0.121. The molecule has 0 aromatic heterocycles. The predicted octanol–water partition coefficient (Wildman–Crippen LogP) is 2.72. The quantitative estimate of drug-likeness (QED) is 0.760. The molecular weight excluding hydrogens is 354 g/mol. The SMILES string of the molecule is COc1ccc(OCCN2CCN([C@H](C)C(=O)Nc3ccccc3)CC2)cc1. The van der Waals surface area contributed by atoms with Crippen LogP contribution in [0.25, 0.3) is 0 Å². The molecule has 2 aromatic carbocycles. The van der Waals surface area contributed by atoms with Gasteiger partial charge in [-0.1, -0.05) is 18.2 Å². The summed E-state index contributed by atoms with van der Waals surface area (Å²) < 4.78 is 11.0. The third kappa shape index (κ3) is 5.71. The molecule has 28 heavy (non-hydrogen) atoms. The summed E-state index contributed by atoms with van der Waals surface area (Å²) >= 11 is 0. The first-order chi connectivity index (χ1) is 13.7. The van der Waals surface area contributed by atoms with Crippen molar-refractivity contribution < 1.29 is 14.3 Å². The Morgan fingerprint density at radius 2 is 1.64 bits per heavy atom. The van der Waals surface area contributed by atoms with Crippen LogP contribution in [0.2, 0.25) is 0 Å². The van der Waals surface area contributed by atoms with Gasteiger partial charge in [-0.15, -0.1) is 0 Å². The number of hydrogen-bond acceptors (Lipinski definition) is 5. The molecule has 1 aliphatic heterocycles. The van der Waals surface area contributed by atoms with Crippen molar-refractivity contribution in [3.05, 3.63) is 54.6 Å². The van der Waals surface area contributed by atoms with Gasteiger partial charge < -0.3 is 14.8 Å². The van der Waals surface area contributed by atoms with Crippen molar-refractivity contribution in [2.75, 3.05) is 51.8 Å². The minimum atomic E-state index is -0.141. The average molecular weight is 383 g/mol. The lowest BCUT2D eigenvalue weighted by Gasteiger charge is -2.37. The van der Waals surface area contributed by atoms with Crippen LogP contribution in [-0.4, -0.2) is 68.2 Å². The number of nitrogens with zero attached hydrogens (tertiary/aromatic N) is 2. The number of nitrogens with one attached hydrogen (secondary N) is 1. The van der Waals surface area contributed by atoms with Crippen LogP contribution in [0.15, 0.2) is 54.6 Å². The van der Waals surface area contributed by atoms with E-state index >= 15 is 0 Å². The van der Waals surface area contributed by atoms with Crippen molar-refractivity contribution in [2.45, 2.75) is 13.0 Å². The van der Waals surface area contributed by atoms with E-state index in [0.717, 1.165) is 49.9 Å². The molecule has 1 atom stereocenters. The summed E-state index contributed by atoms with van der Waals surface area (Å²) in [5.41, 5.74) is 0.841. The van der Waals surface area contributed by atoms with E-state index in [1.807, 2.05) is 61.5 Å². The molecule has 1 heterocycles. The topological polar surface area (TPSA) is 54.0 Å². The van der Waals surface area contributed by atoms with E-state index in [9.17, 15) is 4.79 Å². The lowest BCUT2D eigenvalue weighted by Crippen LogP contribution is -2.53. The summed E-state index contributed by atoms with van der Waals surface area (Å²) in [6.45, 7) is 7.14. The molecule has 0 unspecified atom stereocenters. The Morgan fingerprint density at radius 1 is 1.00 bits per heavy atom. The Labute approximate surface area is 167 Å². The van der Waals surface area contributed by atoms with E-state index in [1.165, 1.54) is 0 Å². The Balaban J connectivity index is 1.37. The van der Waals surface area contributed by atoms with Crippen LogP contribution in [0.4, 0.5) is 5.69 Å². The smallest absolute Gasteiger partial charge is 0.241 e. The Morgan fingerprint density at radius 3 is 2.29 bits per heavy atom. The molecular formula is C22H29N3O3. The van der Waals surface area contributed by atoms with Crippen molar-refractivity contribution in [1.82, 2.24) is 9.80 Å². The number of rotatable bonds is 8. The minimum absolute atomic E-state index is 0.0440. The van der Waals surface area contributed by atoms with Gasteiger partial charge in [0.2, 0.25) is 5.91 Å². The molecule has 150 valence electrons. The monoisotopic (exact) mass is 383 g/mol. The van der Waals surface area contributed by atoms with Gasteiger partial charge in [0.25, 0.3) is 0 Å². The van der Waals surface area contributed by atoms with E-state index in [0.29, 0.717) is 6.61 Å². The van der Waals surface area contributed by atoms with Gasteiger partial charge in [-0.05, 0) is 43.3 Å². The summed E-state index contributed by atoms with van der Waals surface area (Å²) in [7, 11) is 1.65. The molecule has 0 saturated carbocycles. The van der Waals surface area contributed by atoms with Crippen molar-refractivity contribution in [2.24, 2.45) is 0 Å². The van der Waals surface area contributed by atoms with Crippen molar-refractivity contribution >= 4 is 11.6 Å². The first kappa shape index (κ1) is 20.2. The molecule has 1 aliphatic rings. The minimum Gasteiger partial charge on any atom is -0.497 e. The average Bonchev–Trinajstić information content (AvgIpc) is 2.75. The number of carbonyl (C=O) groups excluding carboxylic acids is 1. The highest BCUT2D eigenvalue weighted by atomic mass is 16.5. The Hall–Kier alpha value is -2.57. The number of para-hydroxylation sites is 1. The molecule has 3 rings (SSSR count). The van der Waals surface area contributed by atoms with E-state index in [-0.39, 0.29) is 11.9 Å². The maximum Gasteiger partial charge on any atom is 0.241 e. The van der Waals surface area contributed by atoms with Crippen molar-refractivity contribution in [3.8, 4) is 11.5 Å². The second-order valence-corrected chi connectivity index (χ2v) is 6.93. The van der Waals surface area contributed by atoms with Crippen LogP contribution in [0.1, 0.15) is 6.92 Å². The fourth-order valence-corrected chi connectivity index (χ4v) is 3.27. The first-order valence-electron chi connectivity index (χ1n) is 9.75. The number of amides is 1. The lowest BCUT2D eigenvalue weighted by atomic mass is 10.2. The Bertz CT molecular complexity index is 728. The second-order valence-electron chi connectivity index (χ2n) is 6.93. The van der Waals surface area contributed by atoms with E-state index in [2.05, 4.69) is 15.1 Å². The third-order valence-electron chi connectivity index (χ3n) is 5.11. The highest BCUT2D eigenvalue weighted by Gasteiger charge is 2.25. The molecule has 1 N–H and O–H groups in total. The van der Waals surface area contributed by atoms with E-state index < -0.39 is 0 Å². The fraction of sp³-hybridized carbons (Fsp3) is 0.409. The van der Waals surface area contributed by atoms with Gasteiger partial charge in [-0.3, -0.25) is 14.6 Å². The highest BCUT2D eigenvalue weighted by molar-refractivity contribution is 5.94. The zero-order chi connectivity index (χ0) is 19.8. The van der Waals surface area contributed by atoms with Gasteiger partial charge in [0.05, 0.1) is 13.2 Å². The van der Waals surface area contributed by atoms with Crippen LogP contribution in [0.5, 0.6) is 11.5 Å². The van der Waals surface area contributed by atoms with Gasteiger partial charge in [-0.25, -0.2) is 0 Å². The molecule has 0 radical (unpaired) electrons. The van der Waals surface area contributed by atoms with Crippen LogP contribution >= 0.6 is 0 Å². The van der Waals surface area contributed by atoms with E-state index in [4.69, 9.17) is 9.47 Å². The number of hydrogen-bond donors (Lipinski definition) is 1. The zero-order valence-corrected chi connectivity index (χ0v) is 16.6. The fourth-order valence-electron chi connectivity index (χ4n) is 3.27. The molecule has 2 aromatic rings. The summed E-state index contributed by atoms with van der Waals surface area (Å²) in [6, 6.07) is 17.1. The molecule has 1 amide bonds. The summed E-state index contributed by atoms with van der Waals surface area (Å²) in [4.78, 5) is 17.1. The van der Waals surface area contributed by atoms with Crippen LogP contribution in [0.3, 0.4) is 0 Å². The zero-order valence-electron chi connectivity index (χ0n) is 16.6. The van der Waals surface area contributed by atoms with Gasteiger partial charge in [0, 0.05) is 38.4 Å². The van der Waals surface area contributed by atoms with Crippen LogP contribution in [0, 0.1) is 0 Å². The van der Waals surface area contributed by atoms with Crippen molar-refractivity contribution in [1.29, 1.82) is 0 Å². The van der Waals surface area contributed by atoms with Gasteiger partial charge in [-0.2, -0.15) is 0 Å². The summed E-state index contributed by atoms with van der Waals surface area (Å²) in [5, 5.41) is 2.99. The number of anilines is 1. The molecule has 0 aliphatic carbocycles. The van der Waals surface area contributed by atoms with Crippen LogP contribution in [-0.2, 0) is 4.79 Å². The highest BCUT2D eigenvalue weighted by Crippen LogP contribution is 2.17. The third-order valence-corrected chi connectivity index (χ3v) is 5.11.